The van der Waals surface area contributed by atoms with Crippen molar-refractivity contribution >= 4 is 23.2 Å². The predicted octanol–water partition coefficient (Wildman–Crippen LogP) is 0.337. The molecule has 1 aromatic rings. The maximum atomic E-state index is 11.6. The SMILES string of the molecule is O=C(NCCN1CCOCC1=O)c1cccs1. The lowest BCUT2D eigenvalue weighted by molar-refractivity contribution is -0.142. The first-order chi connectivity index (χ1) is 8.27. The molecular formula is C11H14N2O3S. The molecule has 6 heteroatoms. The molecule has 0 aromatic carbocycles. The Morgan fingerprint density at radius 1 is 1.59 bits per heavy atom. The number of nitrogens with zero attached hydrogens (tertiary/aromatic N) is 1. The third-order valence-electron chi connectivity index (χ3n) is 2.50. The maximum absolute atomic E-state index is 11.6. The molecule has 0 bridgehead atoms. The number of thiophene rings is 1. The highest BCUT2D eigenvalue weighted by Crippen LogP contribution is 2.07. The maximum Gasteiger partial charge on any atom is 0.261 e. The minimum atomic E-state index is -0.0827. The van der Waals surface area contributed by atoms with Crippen molar-refractivity contribution in [1.29, 1.82) is 0 Å². The minimum Gasteiger partial charge on any atom is -0.370 e. The van der Waals surface area contributed by atoms with Crippen LogP contribution >= 0.6 is 11.3 Å². The van der Waals surface area contributed by atoms with Crippen LogP contribution in [0.3, 0.4) is 0 Å². The van der Waals surface area contributed by atoms with E-state index in [4.69, 9.17) is 4.74 Å². The number of carbonyl (C=O) groups excluding carboxylic acids is 2. The Labute approximate surface area is 103 Å². The van der Waals surface area contributed by atoms with E-state index in [2.05, 4.69) is 5.32 Å². The zero-order valence-electron chi connectivity index (χ0n) is 9.35. The number of hydrogen-bond donors (Lipinski definition) is 1. The summed E-state index contributed by atoms with van der Waals surface area (Å²) in [6.07, 6.45) is 0. The van der Waals surface area contributed by atoms with Crippen LogP contribution in [-0.2, 0) is 9.53 Å². The first-order valence-electron chi connectivity index (χ1n) is 5.44. The molecule has 1 saturated heterocycles. The Hall–Kier alpha value is -1.40. The van der Waals surface area contributed by atoms with Gasteiger partial charge in [0.25, 0.3) is 5.91 Å². The molecule has 0 saturated carbocycles. The Kier molecular flexibility index (Phi) is 4.11. The Morgan fingerprint density at radius 3 is 3.18 bits per heavy atom. The summed E-state index contributed by atoms with van der Waals surface area (Å²) in [6, 6.07) is 3.62. The van der Waals surface area contributed by atoms with Gasteiger partial charge in [0.15, 0.2) is 0 Å². The second kappa shape index (κ2) is 5.79. The Morgan fingerprint density at radius 2 is 2.47 bits per heavy atom. The largest absolute Gasteiger partial charge is 0.370 e. The molecule has 1 fully saturated rings. The van der Waals surface area contributed by atoms with Crippen LogP contribution in [0.15, 0.2) is 17.5 Å². The first kappa shape index (κ1) is 12.1. The van der Waals surface area contributed by atoms with Gasteiger partial charge in [-0.1, -0.05) is 6.07 Å². The van der Waals surface area contributed by atoms with E-state index in [1.807, 2.05) is 11.4 Å². The van der Waals surface area contributed by atoms with E-state index in [1.165, 1.54) is 11.3 Å². The van der Waals surface area contributed by atoms with E-state index in [9.17, 15) is 9.59 Å². The predicted molar refractivity (Wildman–Crippen MR) is 64.1 cm³/mol. The van der Waals surface area contributed by atoms with Gasteiger partial charge in [0, 0.05) is 19.6 Å². The molecule has 0 atom stereocenters. The Bertz CT molecular complexity index is 391. The average Bonchev–Trinajstić information content (AvgIpc) is 2.85. The van der Waals surface area contributed by atoms with Crippen LogP contribution in [0, 0.1) is 0 Å². The van der Waals surface area contributed by atoms with Crippen LogP contribution in [0.25, 0.3) is 0 Å². The van der Waals surface area contributed by atoms with Crippen molar-refractivity contribution < 1.29 is 14.3 Å². The van der Waals surface area contributed by atoms with Gasteiger partial charge in [-0.05, 0) is 11.4 Å². The number of carbonyl (C=O) groups is 2. The third kappa shape index (κ3) is 3.28. The Balaban J connectivity index is 1.72. The molecular weight excluding hydrogens is 240 g/mol. The fourth-order valence-corrected chi connectivity index (χ4v) is 2.23. The second-order valence-corrected chi connectivity index (χ2v) is 4.61. The molecule has 5 nitrogen and oxygen atoms in total. The number of hydrogen-bond acceptors (Lipinski definition) is 4. The lowest BCUT2D eigenvalue weighted by Crippen LogP contribution is -2.45. The van der Waals surface area contributed by atoms with Gasteiger partial charge in [-0.2, -0.15) is 0 Å². The van der Waals surface area contributed by atoms with Gasteiger partial charge < -0.3 is 15.0 Å². The topological polar surface area (TPSA) is 58.6 Å². The van der Waals surface area contributed by atoms with E-state index in [1.54, 1.807) is 11.0 Å². The van der Waals surface area contributed by atoms with Gasteiger partial charge >= 0.3 is 0 Å². The molecule has 92 valence electrons. The summed E-state index contributed by atoms with van der Waals surface area (Å²) >= 11 is 1.41. The minimum absolute atomic E-state index is 0.0124. The summed E-state index contributed by atoms with van der Waals surface area (Å²) in [7, 11) is 0. The van der Waals surface area contributed by atoms with E-state index in [0.717, 1.165) is 0 Å². The van der Waals surface area contributed by atoms with Gasteiger partial charge in [-0.3, -0.25) is 9.59 Å². The number of ether oxygens (including phenoxy) is 1. The molecule has 0 unspecified atom stereocenters. The van der Waals surface area contributed by atoms with Crippen LogP contribution in [0.4, 0.5) is 0 Å². The van der Waals surface area contributed by atoms with Gasteiger partial charge in [0.1, 0.15) is 6.61 Å². The zero-order valence-corrected chi connectivity index (χ0v) is 10.2. The van der Waals surface area contributed by atoms with Crippen molar-refractivity contribution in [3.63, 3.8) is 0 Å². The standard InChI is InChI=1S/C11H14N2O3S/c14-10-8-16-6-5-13(10)4-3-12-11(15)9-2-1-7-17-9/h1-2,7H,3-6,8H2,(H,12,15). The van der Waals surface area contributed by atoms with E-state index >= 15 is 0 Å². The number of amides is 2. The van der Waals surface area contributed by atoms with E-state index < -0.39 is 0 Å². The summed E-state index contributed by atoms with van der Waals surface area (Å²) in [5, 5.41) is 4.65. The van der Waals surface area contributed by atoms with Crippen LogP contribution in [0.1, 0.15) is 9.67 Å². The normalized spacial score (nSPS) is 16.0. The molecule has 2 rings (SSSR count). The van der Waals surface area contributed by atoms with Crippen LogP contribution < -0.4 is 5.32 Å². The summed E-state index contributed by atoms with van der Waals surface area (Å²) in [5.41, 5.74) is 0. The highest BCUT2D eigenvalue weighted by Gasteiger charge is 2.18. The van der Waals surface area contributed by atoms with Crippen molar-refractivity contribution in [3.8, 4) is 0 Å². The van der Waals surface area contributed by atoms with Crippen LogP contribution in [0.2, 0.25) is 0 Å². The lowest BCUT2D eigenvalue weighted by Gasteiger charge is -2.26. The molecule has 2 amide bonds. The van der Waals surface area contributed by atoms with Gasteiger partial charge in [0.05, 0.1) is 11.5 Å². The molecule has 0 radical (unpaired) electrons. The molecule has 2 heterocycles. The number of rotatable bonds is 4. The molecule has 1 aromatic heterocycles. The summed E-state index contributed by atoms with van der Waals surface area (Å²) in [5.74, 6) is -0.0951. The lowest BCUT2D eigenvalue weighted by atomic mass is 10.4. The van der Waals surface area contributed by atoms with Crippen molar-refractivity contribution in [2.75, 3.05) is 32.8 Å². The molecule has 1 N–H and O–H groups in total. The van der Waals surface area contributed by atoms with Gasteiger partial charge in [-0.25, -0.2) is 0 Å². The number of morpholine rings is 1. The van der Waals surface area contributed by atoms with Crippen molar-refractivity contribution in [2.24, 2.45) is 0 Å². The highest BCUT2D eigenvalue weighted by atomic mass is 32.1. The van der Waals surface area contributed by atoms with E-state index in [-0.39, 0.29) is 18.4 Å². The second-order valence-electron chi connectivity index (χ2n) is 3.67. The highest BCUT2D eigenvalue weighted by molar-refractivity contribution is 7.12. The molecule has 0 spiro atoms. The average molecular weight is 254 g/mol. The molecule has 1 aliphatic rings. The smallest absolute Gasteiger partial charge is 0.261 e. The molecule has 1 aliphatic heterocycles. The quantitative estimate of drug-likeness (QED) is 0.842. The van der Waals surface area contributed by atoms with Crippen LogP contribution in [0.5, 0.6) is 0 Å². The monoisotopic (exact) mass is 254 g/mol. The zero-order chi connectivity index (χ0) is 12.1. The van der Waals surface area contributed by atoms with E-state index in [0.29, 0.717) is 31.1 Å². The number of nitrogens with one attached hydrogen (secondary N) is 1. The van der Waals surface area contributed by atoms with Crippen molar-refractivity contribution in [3.05, 3.63) is 22.4 Å². The van der Waals surface area contributed by atoms with Crippen molar-refractivity contribution in [1.82, 2.24) is 10.2 Å². The fourth-order valence-electron chi connectivity index (χ4n) is 1.59. The first-order valence-corrected chi connectivity index (χ1v) is 6.32. The van der Waals surface area contributed by atoms with Gasteiger partial charge in [0.2, 0.25) is 5.91 Å². The fraction of sp³-hybridized carbons (Fsp3) is 0.455. The molecule has 17 heavy (non-hydrogen) atoms. The summed E-state index contributed by atoms with van der Waals surface area (Å²) < 4.78 is 5.02. The van der Waals surface area contributed by atoms with Crippen molar-refractivity contribution in [2.45, 2.75) is 0 Å². The van der Waals surface area contributed by atoms with Crippen LogP contribution in [-0.4, -0.2) is 49.6 Å². The third-order valence-corrected chi connectivity index (χ3v) is 3.36. The molecule has 0 aliphatic carbocycles. The van der Waals surface area contributed by atoms with Gasteiger partial charge in [-0.15, -0.1) is 11.3 Å². The summed E-state index contributed by atoms with van der Waals surface area (Å²) in [6.45, 7) is 2.35. The summed E-state index contributed by atoms with van der Waals surface area (Å²) in [4.78, 5) is 25.4.